The van der Waals surface area contributed by atoms with Gasteiger partial charge in [-0.25, -0.2) is 8.42 Å². The van der Waals surface area contributed by atoms with Crippen LogP contribution in [0.2, 0.25) is 0 Å². The molecule has 2 fully saturated rings. The fraction of sp³-hybridized carbons (Fsp3) is 0.600. The first-order valence-corrected chi connectivity index (χ1v) is 8.90. The van der Waals surface area contributed by atoms with Gasteiger partial charge in [-0.15, -0.1) is 0 Å². The SMILES string of the molecule is Cc1ccc(S(=O)(=O)N2CC[C@H](N3CCOCC3)C2)cc1. The maximum absolute atomic E-state index is 12.7. The van der Waals surface area contributed by atoms with Crippen LogP contribution in [0.1, 0.15) is 12.0 Å². The molecule has 2 aliphatic rings. The highest BCUT2D eigenvalue weighted by molar-refractivity contribution is 7.89. The van der Waals surface area contributed by atoms with Crippen molar-refractivity contribution in [1.29, 1.82) is 0 Å². The summed E-state index contributed by atoms with van der Waals surface area (Å²) in [6.07, 6.45) is 0.908. The Bertz CT molecular complexity index is 579. The van der Waals surface area contributed by atoms with E-state index in [2.05, 4.69) is 4.90 Å². The van der Waals surface area contributed by atoms with Gasteiger partial charge in [0.25, 0.3) is 0 Å². The number of nitrogens with zero attached hydrogens (tertiary/aromatic N) is 2. The number of hydrogen-bond donors (Lipinski definition) is 0. The van der Waals surface area contributed by atoms with E-state index in [1.54, 1.807) is 16.4 Å². The van der Waals surface area contributed by atoms with Gasteiger partial charge in [0, 0.05) is 32.2 Å². The second kappa shape index (κ2) is 6.04. The molecule has 6 heteroatoms. The third-order valence-electron chi connectivity index (χ3n) is 4.35. The molecule has 0 unspecified atom stereocenters. The number of ether oxygens (including phenoxy) is 1. The van der Waals surface area contributed by atoms with E-state index >= 15 is 0 Å². The van der Waals surface area contributed by atoms with E-state index in [4.69, 9.17) is 4.74 Å². The molecule has 0 aliphatic carbocycles. The average molecular weight is 310 g/mol. The number of aryl methyl sites for hydroxylation is 1. The van der Waals surface area contributed by atoms with Gasteiger partial charge in [-0.05, 0) is 25.5 Å². The molecule has 5 nitrogen and oxygen atoms in total. The van der Waals surface area contributed by atoms with Crippen molar-refractivity contribution >= 4 is 10.0 Å². The molecule has 116 valence electrons. The highest BCUT2D eigenvalue weighted by Crippen LogP contribution is 2.24. The Morgan fingerprint density at radius 3 is 2.43 bits per heavy atom. The van der Waals surface area contributed by atoms with E-state index in [0.717, 1.165) is 38.3 Å². The Morgan fingerprint density at radius 2 is 1.76 bits per heavy atom. The van der Waals surface area contributed by atoms with Gasteiger partial charge in [0.2, 0.25) is 10.0 Å². The first-order valence-electron chi connectivity index (χ1n) is 7.46. The highest BCUT2D eigenvalue weighted by Gasteiger charge is 2.35. The van der Waals surface area contributed by atoms with Gasteiger partial charge < -0.3 is 4.74 Å². The van der Waals surface area contributed by atoms with Crippen LogP contribution in [0.3, 0.4) is 0 Å². The van der Waals surface area contributed by atoms with Crippen LogP contribution >= 0.6 is 0 Å². The van der Waals surface area contributed by atoms with Crippen molar-refractivity contribution in [3.05, 3.63) is 29.8 Å². The topological polar surface area (TPSA) is 49.9 Å². The predicted octanol–water partition coefficient (Wildman–Crippen LogP) is 1.09. The zero-order valence-corrected chi connectivity index (χ0v) is 13.2. The molecule has 1 aromatic carbocycles. The molecule has 2 saturated heterocycles. The van der Waals surface area contributed by atoms with E-state index in [-0.39, 0.29) is 0 Å². The van der Waals surface area contributed by atoms with Crippen LogP contribution in [0.25, 0.3) is 0 Å². The maximum atomic E-state index is 12.7. The van der Waals surface area contributed by atoms with Gasteiger partial charge in [-0.1, -0.05) is 17.7 Å². The summed E-state index contributed by atoms with van der Waals surface area (Å²) >= 11 is 0. The molecule has 3 rings (SSSR count). The summed E-state index contributed by atoms with van der Waals surface area (Å²) in [6.45, 7) is 6.48. The highest BCUT2D eigenvalue weighted by atomic mass is 32.2. The van der Waals surface area contributed by atoms with Crippen molar-refractivity contribution in [2.75, 3.05) is 39.4 Å². The quantitative estimate of drug-likeness (QED) is 0.838. The summed E-state index contributed by atoms with van der Waals surface area (Å²) in [7, 11) is -3.35. The smallest absolute Gasteiger partial charge is 0.243 e. The summed E-state index contributed by atoms with van der Waals surface area (Å²) in [5.41, 5.74) is 1.07. The molecule has 0 radical (unpaired) electrons. The van der Waals surface area contributed by atoms with Gasteiger partial charge in [0.15, 0.2) is 0 Å². The molecule has 2 heterocycles. The van der Waals surface area contributed by atoms with E-state index in [9.17, 15) is 8.42 Å². The van der Waals surface area contributed by atoms with Crippen LogP contribution in [0.5, 0.6) is 0 Å². The van der Waals surface area contributed by atoms with Crippen molar-refractivity contribution in [1.82, 2.24) is 9.21 Å². The van der Waals surface area contributed by atoms with Crippen LogP contribution < -0.4 is 0 Å². The van der Waals surface area contributed by atoms with E-state index in [1.165, 1.54) is 0 Å². The van der Waals surface area contributed by atoms with Gasteiger partial charge in [-0.3, -0.25) is 4.90 Å². The van der Waals surface area contributed by atoms with E-state index in [1.807, 2.05) is 19.1 Å². The molecule has 0 aromatic heterocycles. The Kier molecular flexibility index (Phi) is 4.31. The minimum Gasteiger partial charge on any atom is -0.379 e. The summed E-state index contributed by atoms with van der Waals surface area (Å²) < 4.78 is 32.3. The van der Waals surface area contributed by atoms with Gasteiger partial charge in [-0.2, -0.15) is 4.31 Å². The number of benzene rings is 1. The number of hydrogen-bond acceptors (Lipinski definition) is 4. The monoisotopic (exact) mass is 310 g/mol. The summed E-state index contributed by atoms with van der Waals surface area (Å²) in [5, 5.41) is 0. The second-order valence-corrected chi connectivity index (χ2v) is 7.70. The Morgan fingerprint density at radius 1 is 1.10 bits per heavy atom. The van der Waals surface area contributed by atoms with Crippen LogP contribution in [0.4, 0.5) is 0 Å². The number of rotatable bonds is 3. The van der Waals surface area contributed by atoms with Crippen LogP contribution in [0, 0.1) is 6.92 Å². The Labute approximate surface area is 126 Å². The lowest BCUT2D eigenvalue weighted by molar-refractivity contribution is 0.0197. The average Bonchev–Trinajstić information content (AvgIpc) is 2.99. The van der Waals surface area contributed by atoms with Crippen molar-refractivity contribution in [3.8, 4) is 0 Å². The minimum absolute atomic E-state index is 0.328. The molecule has 2 aliphatic heterocycles. The normalized spacial score (nSPS) is 25.3. The van der Waals surface area contributed by atoms with Crippen LogP contribution in [-0.2, 0) is 14.8 Å². The van der Waals surface area contributed by atoms with Crippen molar-refractivity contribution < 1.29 is 13.2 Å². The Hall–Kier alpha value is -0.950. The number of sulfonamides is 1. The molecule has 1 atom stereocenters. The van der Waals surface area contributed by atoms with Gasteiger partial charge in [0.05, 0.1) is 18.1 Å². The van der Waals surface area contributed by atoms with Crippen LogP contribution in [-0.4, -0.2) is 63.1 Å². The molecule has 21 heavy (non-hydrogen) atoms. The molecule has 1 aromatic rings. The summed E-state index contributed by atoms with van der Waals surface area (Å²) in [5.74, 6) is 0. The van der Waals surface area contributed by atoms with E-state index in [0.29, 0.717) is 24.0 Å². The molecular weight excluding hydrogens is 288 g/mol. The van der Waals surface area contributed by atoms with Gasteiger partial charge in [0.1, 0.15) is 0 Å². The largest absolute Gasteiger partial charge is 0.379 e. The molecule has 0 saturated carbocycles. The van der Waals surface area contributed by atoms with Gasteiger partial charge >= 0.3 is 0 Å². The second-order valence-electron chi connectivity index (χ2n) is 5.77. The first-order chi connectivity index (χ1) is 10.1. The Balaban J connectivity index is 1.71. The lowest BCUT2D eigenvalue weighted by Gasteiger charge is -2.32. The minimum atomic E-state index is -3.35. The molecule has 0 amide bonds. The third kappa shape index (κ3) is 3.13. The lowest BCUT2D eigenvalue weighted by Crippen LogP contribution is -2.45. The van der Waals surface area contributed by atoms with Crippen molar-refractivity contribution in [2.45, 2.75) is 24.3 Å². The zero-order chi connectivity index (χ0) is 14.9. The van der Waals surface area contributed by atoms with E-state index < -0.39 is 10.0 Å². The summed E-state index contributed by atoms with van der Waals surface area (Å²) in [6, 6.07) is 7.43. The van der Waals surface area contributed by atoms with Crippen LogP contribution in [0.15, 0.2) is 29.2 Å². The van der Waals surface area contributed by atoms with Crippen molar-refractivity contribution in [3.63, 3.8) is 0 Å². The molecule has 0 spiro atoms. The standard InChI is InChI=1S/C15H22N2O3S/c1-13-2-4-15(5-3-13)21(18,19)17-7-6-14(12-17)16-8-10-20-11-9-16/h2-5,14H,6-12H2,1H3/t14-/m0/s1. The lowest BCUT2D eigenvalue weighted by atomic mass is 10.2. The molecule has 0 N–H and O–H groups in total. The molecular formula is C15H22N2O3S. The molecule has 0 bridgehead atoms. The van der Waals surface area contributed by atoms with Crippen molar-refractivity contribution in [2.24, 2.45) is 0 Å². The third-order valence-corrected chi connectivity index (χ3v) is 6.23. The first kappa shape index (κ1) is 15.0. The zero-order valence-electron chi connectivity index (χ0n) is 12.4. The fourth-order valence-corrected chi connectivity index (χ4v) is 4.52. The summed E-state index contributed by atoms with van der Waals surface area (Å²) in [4.78, 5) is 2.75. The predicted molar refractivity (Wildman–Crippen MR) is 80.7 cm³/mol. The fourth-order valence-electron chi connectivity index (χ4n) is 3.03. The number of morpholine rings is 1. The maximum Gasteiger partial charge on any atom is 0.243 e.